The molecule has 1 atom stereocenters. The maximum Gasteiger partial charge on any atom is 0.281 e. The van der Waals surface area contributed by atoms with Crippen molar-refractivity contribution in [2.75, 3.05) is 18.5 Å². The first kappa shape index (κ1) is 17.2. The number of nitrogens with zero attached hydrogens (tertiary/aromatic N) is 5. The molecule has 140 valence electrons. The number of rotatable bonds is 4. The van der Waals surface area contributed by atoms with Crippen LogP contribution in [0.5, 0.6) is 0 Å². The normalized spacial score (nSPS) is 20.1. The number of aromatic nitrogens is 3. The lowest BCUT2D eigenvalue weighted by molar-refractivity contribution is -0.138. The van der Waals surface area contributed by atoms with Gasteiger partial charge in [-0.1, -0.05) is 13.0 Å². The summed E-state index contributed by atoms with van der Waals surface area (Å²) in [6, 6.07) is 3.47. The van der Waals surface area contributed by atoms with Crippen LogP contribution in [-0.2, 0) is 14.3 Å². The third kappa shape index (κ3) is 3.81. The lowest BCUT2D eigenvalue weighted by Gasteiger charge is -2.26. The van der Waals surface area contributed by atoms with E-state index >= 15 is 0 Å². The van der Waals surface area contributed by atoms with Gasteiger partial charge in [-0.25, -0.2) is 14.5 Å². The van der Waals surface area contributed by atoms with Crippen molar-refractivity contribution in [3.8, 4) is 0 Å². The zero-order valence-electron chi connectivity index (χ0n) is 15.0. The van der Waals surface area contributed by atoms with E-state index in [-0.39, 0.29) is 25.0 Å². The second-order valence-electron chi connectivity index (χ2n) is 6.78. The summed E-state index contributed by atoms with van der Waals surface area (Å²) in [5, 5.41) is 12.2. The number of hydrogen-bond donors (Lipinski definition) is 1. The molecule has 4 rings (SSSR count). The van der Waals surface area contributed by atoms with Gasteiger partial charge in [-0.15, -0.1) is 5.10 Å². The number of hydrazone groups is 1. The fraction of sp³-hybridized carbons (Fsp3) is 0.389. The maximum atomic E-state index is 12.4. The van der Waals surface area contributed by atoms with Crippen LogP contribution < -0.4 is 5.32 Å². The van der Waals surface area contributed by atoms with E-state index in [1.165, 1.54) is 11.3 Å². The zero-order chi connectivity index (χ0) is 18.8. The Kier molecular flexibility index (Phi) is 4.57. The Morgan fingerprint density at radius 3 is 3.11 bits per heavy atom. The van der Waals surface area contributed by atoms with E-state index in [1.54, 1.807) is 22.8 Å². The SMILES string of the molecule is CC1CC=C(C2=NN(CC(=O)Nc3ccc4ncnn4c3)C(=O)CO2)CC1. The minimum absolute atomic E-state index is 0.107. The topological polar surface area (TPSA) is 101 Å². The lowest BCUT2D eigenvalue weighted by Crippen LogP contribution is -2.41. The standard InChI is InChI=1S/C18H20N6O3/c1-12-2-4-13(5-3-12)18-22-24(17(26)10-27-18)9-16(25)21-14-6-7-15-19-11-20-23(15)8-14/h4,6-8,11-12H,2-3,5,9-10H2,1H3,(H,21,25). The van der Waals surface area contributed by atoms with Gasteiger partial charge in [-0.2, -0.15) is 5.10 Å². The van der Waals surface area contributed by atoms with Crippen LogP contribution in [0.4, 0.5) is 5.69 Å². The number of anilines is 1. The number of pyridine rings is 1. The van der Waals surface area contributed by atoms with Gasteiger partial charge in [-0.3, -0.25) is 9.59 Å². The number of nitrogens with one attached hydrogen (secondary N) is 1. The third-order valence-electron chi connectivity index (χ3n) is 4.63. The van der Waals surface area contributed by atoms with Crippen molar-refractivity contribution in [2.24, 2.45) is 11.0 Å². The predicted molar refractivity (Wildman–Crippen MR) is 97.8 cm³/mol. The first-order chi connectivity index (χ1) is 13.1. The minimum Gasteiger partial charge on any atom is -0.466 e. The molecule has 9 nitrogen and oxygen atoms in total. The molecular weight excluding hydrogens is 348 g/mol. The number of hydrogen-bond acceptors (Lipinski definition) is 6. The molecule has 2 aromatic rings. The number of carbonyl (C=O) groups excluding carboxylic acids is 2. The summed E-state index contributed by atoms with van der Waals surface area (Å²) in [7, 11) is 0. The molecule has 1 N–H and O–H groups in total. The van der Waals surface area contributed by atoms with Crippen molar-refractivity contribution in [3.63, 3.8) is 0 Å². The Morgan fingerprint density at radius 1 is 1.41 bits per heavy atom. The number of amides is 2. The molecule has 0 bridgehead atoms. The molecule has 2 aromatic heterocycles. The first-order valence-corrected chi connectivity index (χ1v) is 8.89. The van der Waals surface area contributed by atoms with Crippen molar-refractivity contribution >= 4 is 29.0 Å². The number of fused-ring (bicyclic) bond motifs is 1. The summed E-state index contributed by atoms with van der Waals surface area (Å²) in [5.41, 5.74) is 2.25. The molecule has 0 aromatic carbocycles. The molecule has 0 fully saturated rings. The van der Waals surface area contributed by atoms with Gasteiger partial charge in [0.1, 0.15) is 12.9 Å². The highest BCUT2D eigenvalue weighted by Gasteiger charge is 2.26. The zero-order valence-corrected chi connectivity index (χ0v) is 15.0. The molecule has 0 saturated heterocycles. The molecule has 2 aliphatic rings. The van der Waals surface area contributed by atoms with Gasteiger partial charge in [0.05, 0.1) is 11.9 Å². The largest absolute Gasteiger partial charge is 0.466 e. The highest BCUT2D eigenvalue weighted by atomic mass is 16.5. The van der Waals surface area contributed by atoms with Gasteiger partial charge in [-0.05, 0) is 37.3 Å². The Bertz CT molecular complexity index is 947. The molecule has 0 radical (unpaired) electrons. The van der Waals surface area contributed by atoms with Crippen molar-refractivity contribution in [1.29, 1.82) is 0 Å². The van der Waals surface area contributed by atoms with Crippen molar-refractivity contribution in [3.05, 3.63) is 36.3 Å². The van der Waals surface area contributed by atoms with E-state index in [2.05, 4.69) is 33.5 Å². The van der Waals surface area contributed by atoms with E-state index < -0.39 is 0 Å². The van der Waals surface area contributed by atoms with Crippen LogP contribution >= 0.6 is 0 Å². The van der Waals surface area contributed by atoms with E-state index in [1.807, 2.05) is 0 Å². The van der Waals surface area contributed by atoms with Gasteiger partial charge in [0.2, 0.25) is 11.8 Å². The Hall–Kier alpha value is -3.23. The van der Waals surface area contributed by atoms with Gasteiger partial charge in [0.25, 0.3) is 5.91 Å². The third-order valence-corrected chi connectivity index (χ3v) is 4.63. The Morgan fingerprint density at radius 2 is 2.30 bits per heavy atom. The van der Waals surface area contributed by atoms with Crippen LogP contribution in [0.15, 0.2) is 41.4 Å². The molecule has 9 heteroatoms. The molecule has 1 aliphatic carbocycles. The van der Waals surface area contributed by atoms with Crippen LogP contribution in [0.25, 0.3) is 5.65 Å². The minimum atomic E-state index is -0.348. The van der Waals surface area contributed by atoms with Gasteiger partial charge < -0.3 is 10.1 Å². The fourth-order valence-corrected chi connectivity index (χ4v) is 3.07. The average Bonchev–Trinajstić information content (AvgIpc) is 3.12. The summed E-state index contributed by atoms with van der Waals surface area (Å²) >= 11 is 0. The fourth-order valence-electron chi connectivity index (χ4n) is 3.07. The molecule has 0 spiro atoms. The smallest absolute Gasteiger partial charge is 0.281 e. The van der Waals surface area contributed by atoms with Crippen molar-refractivity contribution in [1.82, 2.24) is 19.6 Å². The van der Waals surface area contributed by atoms with Gasteiger partial charge >= 0.3 is 0 Å². The monoisotopic (exact) mass is 368 g/mol. The van der Waals surface area contributed by atoms with Crippen molar-refractivity contribution in [2.45, 2.75) is 26.2 Å². The van der Waals surface area contributed by atoms with E-state index in [0.29, 0.717) is 23.2 Å². The summed E-state index contributed by atoms with van der Waals surface area (Å²) in [5.74, 6) is 0.395. The van der Waals surface area contributed by atoms with Gasteiger partial charge in [0.15, 0.2) is 12.3 Å². The highest BCUT2D eigenvalue weighted by molar-refractivity contribution is 6.00. The van der Waals surface area contributed by atoms with Gasteiger partial charge in [0, 0.05) is 5.57 Å². The van der Waals surface area contributed by atoms with Crippen LogP contribution in [0.3, 0.4) is 0 Å². The maximum absolute atomic E-state index is 12.4. The van der Waals surface area contributed by atoms with E-state index in [4.69, 9.17) is 4.74 Å². The summed E-state index contributed by atoms with van der Waals surface area (Å²) in [4.78, 5) is 28.5. The molecule has 1 aliphatic heterocycles. The quantitative estimate of drug-likeness (QED) is 0.883. The van der Waals surface area contributed by atoms with Crippen LogP contribution in [0, 0.1) is 5.92 Å². The average molecular weight is 368 g/mol. The van der Waals surface area contributed by atoms with Crippen molar-refractivity contribution < 1.29 is 14.3 Å². The van der Waals surface area contributed by atoms with Crippen LogP contribution in [0.2, 0.25) is 0 Å². The molecule has 0 saturated carbocycles. The van der Waals surface area contributed by atoms with E-state index in [9.17, 15) is 9.59 Å². The Labute approximate surface area is 155 Å². The molecule has 3 heterocycles. The predicted octanol–water partition coefficient (Wildman–Crippen LogP) is 1.59. The molecule has 1 unspecified atom stereocenters. The van der Waals surface area contributed by atoms with Crippen LogP contribution in [-0.4, -0.2) is 50.5 Å². The second kappa shape index (κ2) is 7.18. The summed E-state index contributed by atoms with van der Waals surface area (Å²) < 4.78 is 7.03. The molecular formula is C18H20N6O3. The van der Waals surface area contributed by atoms with E-state index in [0.717, 1.165) is 24.8 Å². The molecule has 27 heavy (non-hydrogen) atoms. The van der Waals surface area contributed by atoms with Crippen LogP contribution in [0.1, 0.15) is 26.2 Å². The molecule has 2 amide bonds. The number of ether oxygens (including phenoxy) is 1. The second-order valence-corrected chi connectivity index (χ2v) is 6.78. The summed E-state index contributed by atoms with van der Waals surface area (Å²) in [6.45, 7) is 1.92. The Balaban J connectivity index is 1.44. The lowest BCUT2D eigenvalue weighted by atomic mass is 9.91. The number of allylic oxidation sites excluding steroid dienone is 1. The highest BCUT2D eigenvalue weighted by Crippen LogP contribution is 2.25. The summed E-state index contributed by atoms with van der Waals surface area (Å²) in [6.07, 6.45) is 8.10. The first-order valence-electron chi connectivity index (χ1n) is 8.89. The number of carbonyl (C=O) groups is 2.